The van der Waals surface area contributed by atoms with E-state index in [2.05, 4.69) is 13.2 Å². The maximum atomic E-state index is 12.8. The molecule has 0 aromatic heterocycles. The molecule has 2 aliphatic rings. The minimum atomic E-state index is -0.0497. The first-order valence-corrected chi connectivity index (χ1v) is 7.02. The molecule has 0 aromatic carbocycles. The molecule has 0 saturated heterocycles. The van der Waals surface area contributed by atoms with Gasteiger partial charge in [0, 0.05) is 11.3 Å². The van der Waals surface area contributed by atoms with E-state index in [1.54, 1.807) is 0 Å². The van der Waals surface area contributed by atoms with Gasteiger partial charge in [-0.15, -0.1) is 13.2 Å². The Hall–Kier alpha value is -0.850. The number of hydrogen-bond acceptors (Lipinski definition) is 1. The summed E-state index contributed by atoms with van der Waals surface area (Å²) in [5.74, 6) is 1.19. The van der Waals surface area contributed by atoms with Crippen LogP contribution in [-0.4, -0.2) is 5.78 Å². The van der Waals surface area contributed by atoms with Crippen LogP contribution in [0.5, 0.6) is 0 Å². The van der Waals surface area contributed by atoms with E-state index in [0.29, 0.717) is 11.7 Å². The molecule has 3 atom stereocenters. The highest BCUT2D eigenvalue weighted by molar-refractivity contribution is 5.88. The molecule has 0 amide bonds. The number of allylic oxidation sites excluding steroid dienone is 2. The first kappa shape index (κ1) is 12.6. The van der Waals surface area contributed by atoms with Crippen molar-refractivity contribution in [2.24, 2.45) is 17.3 Å². The molecule has 2 rings (SSSR count). The van der Waals surface area contributed by atoms with Crippen LogP contribution in [0.3, 0.4) is 0 Å². The van der Waals surface area contributed by atoms with Crippen LogP contribution >= 0.6 is 0 Å². The van der Waals surface area contributed by atoms with Crippen LogP contribution in [0.15, 0.2) is 25.3 Å². The summed E-state index contributed by atoms with van der Waals surface area (Å²) in [5, 5.41) is 0. The SMILES string of the molecule is C=CC[C@@H]1CCCC[C@@]2(CCC[C@H]2C=C)C1=O. The third-order valence-corrected chi connectivity index (χ3v) is 4.87. The number of Topliss-reactive ketones (excluding diaryl/α,β-unsaturated/α-hetero) is 1. The molecular weight excluding hydrogens is 208 g/mol. The van der Waals surface area contributed by atoms with Crippen LogP contribution in [-0.2, 0) is 4.79 Å². The van der Waals surface area contributed by atoms with E-state index in [-0.39, 0.29) is 11.3 Å². The Balaban J connectivity index is 2.27. The van der Waals surface area contributed by atoms with Crippen LogP contribution < -0.4 is 0 Å². The van der Waals surface area contributed by atoms with Crippen molar-refractivity contribution < 1.29 is 4.79 Å². The zero-order chi connectivity index (χ0) is 12.3. The summed E-state index contributed by atoms with van der Waals surface area (Å²) >= 11 is 0. The van der Waals surface area contributed by atoms with Gasteiger partial charge in [-0.05, 0) is 38.0 Å². The van der Waals surface area contributed by atoms with Crippen molar-refractivity contribution in [3.63, 3.8) is 0 Å². The minimum absolute atomic E-state index is 0.0497. The Morgan fingerprint density at radius 1 is 1.18 bits per heavy atom. The molecule has 0 N–H and O–H groups in total. The van der Waals surface area contributed by atoms with Gasteiger partial charge in [0.25, 0.3) is 0 Å². The van der Waals surface area contributed by atoms with Crippen molar-refractivity contribution in [1.82, 2.24) is 0 Å². The fourth-order valence-corrected chi connectivity index (χ4v) is 3.98. The lowest BCUT2D eigenvalue weighted by molar-refractivity contribution is -0.134. The van der Waals surface area contributed by atoms with Crippen molar-refractivity contribution >= 4 is 5.78 Å². The van der Waals surface area contributed by atoms with Crippen molar-refractivity contribution in [2.45, 2.75) is 51.4 Å². The summed E-state index contributed by atoms with van der Waals surface area (Å²) in [6.45, 7) is 7.76. The van der Waals surface area contributed by atoms with Crippen LogP contribution in [0.25, 0.3) is 0 Å². The van der Waals surface area contributed by atoms with E-state index in [1.165, 1.54) is 19.3 Å². The van der Waals surface area contributed by atoms with Gasteiger partial charge >= 0.3 is 0 Å². The van der Waals surface area contributed by atoms with Crippen LogP contribution in [0.4, 0.5) is 0 Å². The molecule has 1 nitrogen and oxygen atoms in total. The van der Waals surface area contributed by atoms with Gasteiger partial charge in [-0.2, -0.15) is 0 Å². The minimum Gasteiger partial charge on any atom is -0.299 e. The molecule has 0 radical (unpaired) electrons. The highest BCUT2D eigenvalue weighted by atomic mass is 16.1. The van der Waals surface area contributed by atoms with Crippen molar-refractivity contribution in [2.75, 3.05) is 0 Å². The summed E-state index contributed by atoms with van der Waals surface area (Å²) in [6, 6.07) is 0. The predicted octanol–water partition coefficient (Wildman–Crippen LogP) is 4.29. The molecule has 1 heteroatoms. The molecule has 2 saturated carbocycles. The molecule has 0 bridgehead atoms. The maximum Gasteiger partial charge on any atom is 0.142 e. The lowest BCUT2D eigenvalue weighted by Crippen LogP contribution is -2.37. The summed E-state index contributed by atoms with van der Waals surface area (Å²) in [6.07, 6.45) is 12.9. The van der Waals surface area contributed by atoms with E-state index in [4.69, 9.17) is 0 Å². The fourth-order valence-electron chi connectivity index (χ4n) is 3.98. The summed E-state index contributed by atoms with van der Waals surface area (Å²) < 4.78 is 0. The average molecular weight is 232 g/mol. The molecule has 0 heterocycles. The highest BCUT2D eigenvalue weighted by Crippen LogP contribution is 2.51. The van der Waals surface area contributed by atoms with Gasteiger partial charge in [0.2, 0.25) is 0 Å². The third-order valence-electron chi connectivity index (χ3n) is 4.87. The number of rotatable bonds is 3. The number of hydrogen-bond donors (Lipinski definition) is 0. The molecule has 1 spiro atoms. The molecule has 0 aliphatic heterocycles. The Bertz CT molecular complexity index is 317. The fraction of sp³-hybridized carbons (Fsp3) is 0.688. The predicted molar refractivity (Wildman–Crippen MR) is 71.8 cm³/mol. The summed E-state index contributed by atoms with van der Waals surface area (Å²) in [5.41, 5.74) is -0.0497. The Morgan fingerprint density at radius 3 is 2.65 bits per heavy atom. The van der Waals surface area contributed by atoms with Crippen LogP contribution in [0.1, 0.15) is 51.4 Å². The number of carbonyl (C=O) groups is 1. The van der Waals surface area contributed by atoms with Crippen LogP contribution in [0.2, 0.25) is 0 Å². The largest absolute Gasteiger partial charge is 0.299 e. The van der Waals surface area contributed by atoms with E-state index in [1.807, 2.05) is 12.2 Å². The number of ketones is 1. The normalized spacial score (nSPS) is 38.0. The summed E-state index contributed by atoms with van der Waals surface area (Å²) in [4.78, 5) is 12.8. The second-order valence-corrected chi connectivity index (χ2v) is 5.72. The smallest absolute Gasteiger partial charge is 0.142 e. The van der Waals surface area contributed by atoms with Gasteiger partial charge in [0.15, 0.2) is 0 Å². The molecular formula is C16H24O. The van der Waals surface area contributed by atoms with E-state index in [9.17, 15) is 4.79 Å². The van der Waals surface area contributed by atoms with Gasteiger partial charge in [-0.25, -0.2) is 0 Å². The van der Waals surface area contributed by atoms with Crippen molar-refractivity contribution in [3.05, 3.63) is 25.3 Å². The topological polar surface area (TPSA) is 17.1 Å². The summed E-state index contributed by atoms with van der Waals surface area (Å²) in [7, 11) is 0. The van der Waals surface area contributed by atoms with Gasteiger partial charge in [-0.1, -0.05) is 31.4 Å². The van der Waals surface area contributed by atoms with Crippen molar-refractivity contribution in [1.29, 1.82) is 0 Å². The number of carbonyl (C=O) groups excluding carboxylic acids is 1. The average Bonchev–Trinajstić information content (AvgIpc) is 2.69. The zero-order valence-electron chi connectivity index (χ0n) is 10.8. The molecule has 17 heavy (non-hydrogen) atoms. The molecule has 2 fully saturated rings. The lowest BCUT2D eigenvalue weighted by Gasteiger charge is -2.33. The third kappa shape index (κ3) is 2.12. The molecule has 0 aromatic rings. The quantitative estimate of drug-likeness (QED) is 0.663. The standard InChI is InChI=1S/C16H24O/c1-3-8-13-9-5-6-11-16(15(13)17)12-7-10-14(16)4-2/h3-4,13-14H,1-2,5-12H2/t13-,14-,16+/m1/s1. The first-order valence-electron chi connectivity index (χ1n) is 7.02. The van der Waals surface area contributed by atoms with Crippen molar-refractivity contribution in [3.8, 4) is 0 Å². The van der Waals surface area contributed by atoms with Gasteiger partial charge in [-0.3, -0.25) is 4.79 Å². The molecule has 94 valence electrons. The molecule has 0 unspecified atom stereocenters. The highest BCUT2D eigenvalue weighted by Gasteiger charge is 2.49. The van der Waals surface area contributed by atoms with Gasteiger partial charge in [0.05, 0.1) is 0 Å². The van der Waals surface area contributed by atoms with Crippen LogP contribution in [0, 0.1) is 17.3 Å². The lowest BCUT2D eigenvalue weighted by atomic mass is 9.68. The maximum absolute atomic E-state index is 12.8. The monoisotopic (exact) mass is 232 g/mol. The van der Waals surface area contributed by atoms with Gasteiger partial charge < -0.3 is 0 Å². The van der Waals surface area contributed by atoms with E-state index in [0.717, 1.165) is 32.1 Å². The first-order chi connectivity index (χ1) is 8.24. The Labute approximate surface area is 105 Å². The Kier molecular flexibility index (Phi) is 3.86. The second kappa shape index (κ2) is 5.20. The zero-order valence-corrected chi connectivity index (χ0v) is 10.8. The Morgan fingerprint density at radius 2 is 1.94 bits per heavy atom. The van der Waals surface area contributed by atoms with Gasteiger partial charge in [0.1, 0.15) is 5.78 Å². The van der Waals surface area contributed by atoms with E-state index < -0.39 is 0 Å². The second-order valence-electron chi connectivity index (χ2n) is 5.72. The van der Waals surface area contributed by atoms with E-state index >= 15 is 0 Å². The molecule has 2 aliphatic carbocycles.